The standard InChI is InChI=1S/C71H138O17P2/c1-6-9-12-15-18-21-23-24-25-26-27-32-37-42-47-52-57-71(76)88-67(61-82-69(74)55-50-45-40-36-31-29-28-30-34-38-43-48-53-64(4)5)63-86-90(79,80)84-59-65(72)58-83-89(77,78)85-62-66(60-81-68(73)54-49-44-39-33-20-17-14-11-8-3)87-70(75)56-51-46-41-35-22-19-16-13-10-7-2/h64-67,72H,6-63H2,1-5H3,(H,77,78)(H,79,80)/t65-,66+,67+/m0/s1. The Balaban J connectivity index is 5.22. The van der Waals surface area contributed by atoms with E-state index in [9.17, 15) is 43.2 Å². The first-order valence-corrected chi connectivity index (χ1v) is 40.1. The highest BCUT2D eigenvalue weighted by Crippen LogP contribution is 2.45. The third-order valence-corrected chi connectivity index (χ3v) is 18.4. The van der Waals surface area contributed by atoms with Crippen LogP contribution >= 0.6 is 15.6 Å². The van der Waals surface area contributed by atoms with E-state index < -0.39 is 97.5 Å². The van der Waals surface area contributed by atoms with Crippen LogP contribution in [0.15, 0.2) is 0 Å². The van der Waals surface area contributed by atoms with Gasteiger partial charge in [-0.1, -0.05) is 317 Å². The summed E-state index contributed by atoms with van der Waals surface area (Å²) >= 11 is 0. The van der Waals surface area contributed by atoms with Gasteiger partial charge in [0.05, 0.1) is 26.4 Å². The fourth-order valence-corrected chi connectivity index (χ4v) is 12.4. The summed E-state index contributed by atoms with van der Waals surface area (Å²) in [6.45, 7) is 7.25. The zero-order valence-corrected chi connectivity index (χ0v) is 60.1. The minimum atomic E-state index is -4.95. The van der Waals surface area contributed by atoms with Crippen molar-refractivity contribution in [2.24, 2.45) is 5.92 Å². The van der Waals surface area contributed by atoms with Crippen LogP contribution in [-0.2, 0) is 65.4 Å². The first-order chi connectivity index (χ1) is 43.5. The van der Waals surface area contributed by atoms with E-state index in [1.165, 1.54) is 193 Å². The van der Waals surface area contributed by atoms with Crippen molar-refractivity contribution in [2.45, 2.75) is 387 Å². The van der Waals surface area contributed by atoms with Gasteiger partial charge in [0.1, 0.15) is 19.3 Å². The highest BCUT2D eigenvalue weighted by Gasteiger charge is 2.30. The topological polar surface area (TPSA) is 237 Å². The van der Waals surface area contributed by atoms with Crippen LogP contribution in [0.5, 0.6) is 0 Å². The molecule has 90 heavy (non-hydrogen) atoms. The number of unbranched alkanes of at least 4 members (excludes halogenated alkanes) is 43. The normalized spacial score (nSPS) is 14.1. The van der Waals surface area contributed by atoms with Gasteiger partial charge in [0.25, 0.3) is 0 Å². The lowest BCUT2D eigenvalue weighted by atomic mass is 10.0. The van der Waals surface area contributed by atoms with Crippen LogP contribution in [0, 0.1) is 5.92 Å². The van der Waals surface area contributed by atoms with Crippen molar-refractivity contribution in [1.29, 1.82) is 0 Å². The summed E-state index contributed by atoms with van der Waals surface area (Å²) in [5.41, 5.74) is 0. The summed E-state index contributed by atoms with van der Waals surface area (Å²) in [5, 5.41) is 10.6. The van der Waals surface area contributed by atoms with Gasteiger partial charge in [-0.05, 0) is 31.6 Å². The molecule has 0 aliphatic rings. The van der Waals surface area contributed by atoms with Gasteiger partial charge in [-0.15, -0.1) is 0 Å². The largest absolute Gasteiger partial charge is 0.472 e. The molecule has 17 nitrogen and oxygen atoms in total. The number of aliphatic hydroxyl groups excluding tert-OH is 1. The number of hydrogen-bond acceptors (Lipinski definition) is 15. The number of phosphoric acid groups is 2. The third-order valence-electron chi connectivity index (χ3n) is 16.5. The molecule has 0 bridgehead atoms. The van der Waals surface area contributed by atoms with Crippen molar-refractivity contribution in [3.63, 3.8) is 0 Å². The van der Waals surface area contributed by atoms with Gasteiger partial charge in [0.15, 0.2) is 12.2 Å². The van der Waals surface area contributed by atoms with E-state index in [1.807, 2.05) is 0 Å². The zero-order chi connectivity index (χ0) is 66.3. The molecule has 0 aromatic heterocycles. The zero-order valence-electron chi connectivity index (χ0n) is 58.3. The molecule has 0 aliphatic carbocycles. The average molecular weight is 1330 g/mol. The van der Waals surface area contributed by atoms with Gasteiger partial charge in [0.2, 0.25) is 0 Å². The lowest BCUT2D eigenvalue weighted by Gasteiger charge is -2.21. The Morgan fingerprint density at radius 3 is 0.756 bits per heavy atom. The second-order valence-electron chi connectivity index (χ2n) is 26.1. The van der Waals surface area contributed by atoms with Crippen LogP contribution in [0.3, 0.4) is 0 Å². The molecule has 0 fully saturated rings. The quantitative estimate of drug-likeness (QED) is 0.0222. The Morgan fingerprint density at radius 1 is 0.300 bits per heavy atom. The van der Waals surface area contributed by atoms with Crippen molar-refractivity contribution in [3.8, 4) is 0 Å². The van der Waals surface area contributed by atoms with Crippen LogP contribution in [0.4, 0.5) is 0 Å². The van der Waals surface area contributed by atoms with Crippen LogP contribution in [0.1, 0.15) is 369 Å². The third kappa shape index (κ3) is 64.8. The molecule has 19 heteroatoms. The lowest BCUT2D eigenvalue weighted by molar-refractivity contribution is -0.161. The number of ether oxygens (including phenoxy) is 4. The molecule has 0 aromatic carbocycles. The first-order valence-electron chi connectivity index (χ1n) is 37.1. The van der Waals surface area contributed by atoms with Crippen molar-refractivity contribution in [2.75, 3.05) is 39.6 Å². The minimum absolute atomic E-state index is 0.107. The Hall–Kier alpha value is -1.94. The smallest absolute Gasteiger partial charge is 0.462 e. The summed E-state index contributed by atoms with van der Waals surface area (Å²) in [7, 11) is -9.90. The molecule has 0 radical (unpaired) electrons. The Kier molecular flexibility index (Phi) is 63.0. The second kappa shape index (κ2) is 64.4. The van der Waals surface area contributed by atoms with Gasteiger partial charge in [-0.25, -0.2) is 9.13 Å². The summed E-state index contributed by atoms with van der Waals surface area (Å²) in [6, 6.07) is 0. The van der Waals surface area contributed by atoms with Crippen molar-refractivity contribution < 1.29 is 80.2 Å². The summed E-state index contributed by atoms with van der Waals surface area (Å²) in [6.07, 6.45) is 51.2. The average Bonchev–Trinajstić information content (AvgIpc) is 3.72. The predicted molar refractivity (Wildman–Crippen MR) is 363 cm³/mol. The molecule has 0 aliphatic heterocycles. The molecule has 0 amide bonds. The Labute approximate surface area is 549 Å². The maximum atomic E-state index is 13.0. The fourth-order valence-electron chi connectivity index (χ4n) is 10.8. The summed E-state index contributed by atoms with van der Waals surface area (Å²) < 4.78 is 68.3. The van der Waals surface area contributed by atoms with Crippen molar-refractivity contribution in [1.82, 2.24) is 0 Å². The maximum absolute atomic E-state index is 13.0. The Bertz CT molecular complexity index is 1740. The molecule has 0 saturated carbocycles. The van der Waals surface area contributed by atoms with E-state index in [2.05, 4.69) is 34.6 Å². The van der Waals surface area contributed by atoms with Gasteiger partial charge in [-0.3, -0.25) is 37.3 Å². The van der Waals surface area contributed by atoms with Crippen LogP contribution in [0.2, 0.25) is 0 Å². The number of aliphatic hydroxyl groups is 1. The molecule has 0 aromatic rings. The van der Waals surface area contributed by atoms with Crippen molar-refractivity contribution in [3.05, 3.63) is 0 Å². The molecular formula is C71H138O17P2. The van der Waals surface area contributed by atoms with Gasteiger partial charge >= 0.3 is 39.5 Å². The molecule has 5 atom stereocenters. The molecule has 0 saturated heterocycles. The summed E-state index contributed by atoms with van der Waals surface area (Å²) in [5.74, 6) is -1.34. The molecule has 534 valence electrons. The van der Waals surface area contributed by atoms with E-state index in [0.29, 0.717) is 25.7 Å². The van der Waals surface area contributed by atoms with E-state index >= 15 is 0 Å². The summed E-state index contributed by atoms with van der Waals surface area (Å²) in [4.78, 5) is 72.5. The Morgan fingerprint density at radius 2 is 0.511 bits per heavy atom. The molecule has 3 N–H and O–H groups in total. The number of hydrogen-bond donors (Lipinski definition) is 3. The van der Waals surface area contributed by atoms with Crippen LogP contribution in [0.25, 0.3) is 0 Å². The minimum Gasteiger partial charge on any atom is -0.462 e. The number of rotatable bonds is 71. The number of carbonyl (C=O) groups excluding carboxylic acids is 4. The van der Waals surface area contributed by atoms with Gasteiger partial charge in [0, 0.05) is 25.7 Å². The number of phosphoric ester groups is 2. The highest BCUT2D eigenvalue weighted by atomic mass is 31.2. The van der Waals surface area contributed by atoms with Crippen molar-refractivity contribution >= 4 is 39.5 Å². The van der Waals surface area contributed by atoms with Crippen LogP contribution in [-0.4, -0.2) is 96.7 Å². The SMILES string of the molecule is CCCCCCCCCCCCCCCCCCC(=O)O[C@H](COC(=O)CCCCCCCCCCCCCCC(C)C)COP(=O)(O)OC[C@@H](O)COP(=O)(O)OC[C@@H](COC(=O)CCCCCCCCCCC)OC(=O)CCCCCCCCCCCC. The molecular weight excluding hydrogens is 1190 g/mol. The number of carbonyl (C=O) groups is 4. The monoisotopic (exact) mass is 1320 g/mol. The van der Waals surface area contributed by atoms with E-state index in [0.717, 1.165) is 95.8 Å². The van der Waals surface area contributed by atoms with E-state index in [4.69, 9.17) is 37.0 Å². The lowest BCUT2D eigenvalue weighted by Crippen LogP contribution is -2.30. The first kappa shape index (κ1) is 88.1. The fraction of sp³-hybridized carbons (Fsp3) is 0.944. The highest BCUT2D eigenvalue weighted by molar-refractivity contribution is 7.47. The van der Waals surface area contributed by atoms with Gasteiger partial charge < -0.3 is 33.8 Å². The van der Waals surface area contributed by atoms with Gasteiger partial charge in [-0.2, -0.15) is 0 Å². The van der Waals surface area contributed by atoms with E-state index in [1.54, 1.807) is 0 Å². The number of esters is 4. The molecule has 0 spiro atoms. The molecule has 0 heterocycles. The van der Waals surface area contributed by atoms with E-state index in [-0.39, 0.29) is 25.7 Å². The second-order valence-corrected chi connectivity index (χ2v) is 29.0. The predicted octanol–water partition coefficient (Wildman–Crippen LogP) is 20.5. The molecule has 2 unspecified atom stereocenters. The molecule has 0 rings (SSSR count). The maximum Gasteiger partial charge on any atom is 0.472 e. The van der Waals surface area contributed by atoms with Crippen LogP contribution < -0.4 is 0 Å².